The maximum atomic E-state index is 12.2. The average molecular weight is 354 g/mol. The van der Waals surface area contributed by atoms with Gasteiger partial charge >= 0.3 is 6.01 Å². The van der Waals surface area contributed by atoms with Gasteiger partial charge in [-0.15, -0.1) is 0 Å². The summed E-state index contributed by atoms with van der Waals surface area (Å²) in [4.78, 5) is 23.0. The van der Waals surface area contributed by atoms with Gasteiger partial charge in [-0.3, -0.25) is 4.79 Å². The van der Waals surface area contributed by atoms with Gasteiger partial charge in [-0.2, -0.15) is 0 Å². The Morgan fingerprint density at radius 3 is 2.50 bits per heavy atom. The molecule has 26 heavy (non-hydrogen) atoms. The average Bonchev–Trinajstić information content (AvgIpc) is 3.21. The Balaban J connectivity index is 1.79. The van der Waals surface area contributed by atoms with Gasteiger partial charge < -0.3 is 19.7 Å². The van der Waals surface area contributed by atoms with Crippen molar-refractivity contribution < 1.29 is 14.3 Å². The van der Waals surface area contributed by atoms with Crippen LogP contribution in [0, 0.1) is 0 Å². The lowest BCUT2D eigenvalue weighted by Crippen LogP contribution is -2.25. The topological polar surface area (TPSA) is 76.6 Å². The summed E-state index contributed by atoms with van der Waals surface area (Å²) in [7, 11) is 3.20. The molecule has 2 aliphatic rings. The molecular weight excluding hydrogens is 332 g/mol. The van der Waals surface area contributed by atoms with Crippen LogP contribution in [-0.4, -0.2) is 43.2 Å². The monoisotopic (exact) mass is 354 g/mol. The van der Waals surface area contributed by atoms with Gasteiger partial charge in [0.2, 0.25) is 5.91 Å². The van der Waals surface area contributed by atoms with E-state index in [9.17, 15) is 4.79 Å². The van der Waals surface area contributed by atoms with Gasteiger partial charge in [0.05, 0.1) is 19.9 Å². The largest absolute Gasteiger partial charge is 0.495 e. The molecule has 0 saturated carbocycles. The number of ether oxygens (including phenoxy) is 2. The van der Waals surface area contributed by atoms with Crippen LogP contribution in [0.4, 0.5) is 11.4 Å². The van der Waals surface area contributed by atoms with Crippen LogP contribution >= 0.6 is 0 Å². The number of aromatic nitrogens is 2. The normalized spacial score (nSPS) is 19.1. The number of nitrogens with zero attached hydrogens (tertiary/aromatic N) is 3. The van der Waals surface area contributed by atoms with Crippen LogP contribution in [0.25, 0.3) is 0 Å². The number of anilines is 2. The number of benzene rings is 1. The van der Waals surface area contributed by atoms with E-state index < -0.39 is 0 Å². The number of carbonyl (C=O) groups excluding carboxylic acids is 1. The number of methoxy groups -OCH3 is 2. The molecule has 2 aliphatic heterocycles. The van der Waals surface area contributed by atoms with Crippen LogP contribution in [0.15, 0.2) is 24.5 Å². The fourth-order valence-corrected chi connectivity index (χ4v) is 3.76. The molecule has 1 fully saturated rings. The molecule has 1 N–H and O–H groups in total. The Morgan fingerprint density at radius 2 is 1.85 bits per heavy atom. The van der Waals surface area contributed by atoms with Crippen molar-refractivity contribution in [3.05, 3.63) is 35.7 Å². The van der Waals surface area contributed by atoms with E-state index in [4.69, 9.17) is 9.47 Å². The second-order valence-electron chi connectivity index (χ2n) is 6.61. The van der Waals surface area contributed by atoms with Gasteiger partial charge in [0, 0.05) is 49.6 Å². The smallest absolute Gasteiger partial charge is 0.316 e. The summed E-state index contributed by atoms with van der Waals surface area (Å²) in [5.74, 6) is 0.684. The van der Waals surface area contributed by atoms with Gasteiger partial charge in [-0.1, -0.05) is 0 Å². The lowest BCUT2D eigenvalue weighted by molar-refractivity contribution is -0.116. The third-order valence-electron chi connectivity index (χ3n) is 5.07. The first kappa shape index (κ1) is 16.6. The first-order valence-electron chi connectivity index (χ1n) is 8.82. The van der Waals surface area contributed by atoms with E-state index >= 15 is 0 Å². The van der Waals surface area contributed by atoms with E-state index in [1.54, 1.807) is 19.5 Å². The predicted octanol–water partition coefficient (Wildman–Crippen LogP) is 2.57. The number of amides is 1. The SMILES string of the molecule is COc1ncc(C2CC(=O)Nc3cc(OC)c(N4CCCC4)cc32)cn1. The van der Waals surface area contributed by atoms with Crippen molar-refractivity contribution in [3.63, 3.8) is 0 Å². The first-order chi connectivity index (χ1) is 12.7. The third kappa shape index (κ3) is 2.94. The molecule has 4 rings (SSSR count). The van der Waals surface area contributed by atoms with Gasteiger partial charge in [0.15, 0.2) is 0 Å². The van der Waals surface area contributed by atoms with E-state index in [0.717, 1.165) is 41.3 Å². The van der Waals surface area contributed by atoms with E-state index in [1.165, 1.54) is 20.0 Å². The molecule has 1 saturated heterocycles. The third-order valence-corrected chi connectivity index (χ3v) is 5.07. The standard InChI is InChI=1S/C19H22N4O3/c1-25-17-9-15-14(7-16(17)23-5-3-4-6-23)13(8-18(24)22-15)12-10-20-19(26-2)21-11-12/h7,9-11,13H,3-6,8H2,1-2H3,(H,22,24). The van der Waals surface area contributed by atoms with Crippen LogP contribution in [-0.2, 0) is 4.79 Å². The molecule has 2 aromatic rings. The van der Waals surface area contributed by atoms with E-state index in [1.807, 2.05) is 6.07 Å². The molecular formula is C19H22N4O3. The van der Waals surface area contributed by atoms with Crippen LogP contribution in [0.2, 0.25) is 0 Å². The van der Waals surface area contributed by atoms with E-state index in [0.29, 0.717) is 12.4 Å². The number of rotatable bonds is 4. The molecule has 7 heteroatoms. The molecule has 0 radical (unpaired) electrons. The highest BCUT2D eigenvalue weighted by Gasteiger charge is 2.30. The summed E-state index contributed by atoms with van der Waals surface area (Å²) >= 11 is 0. The summed E-state index contributed by atoms with van der Waals surface area (Å²) in [5.41, 5.74) is 3.85. The maximum absolute atomic E-state index is 12.2. The Bertz CT molecular complexity index is 816. The lowest BCUT2D eigenvalue weighted by atomic mass is 9.85. The number of fused-ring (bicyclic) bond motifs is 1. The molecule has 136 valence electrons. The number of nitrogens with one attached hydrogen (secondary N) is 1. The molecule has 0 spiro atoms. The van der Waals surface area contributed by atoms with Gasteiger partial charge in [0.25, 0.3) is 0 Å². The van der Waals surface area contributed by atoms with Crippen molar-refractivity contribution in [1.82, 2.24) is 9.97 Å². The highest BCUT2D eigenvalue weighted by molar-refractivity contribution is 5.96. The minimum Gasteiger partial charge on any atom is -0.495 e. The Kier molecular flexibility index (Phi) is 4.36. The van der Waals surface area contributed by atoms with E-state index in [2.05, 4.69) is 26.3 Å². The summed E-state index contributed by atoms with van der Waals surface area (Å²) in [5, 5.41) is 2.97. The molecule has 3 heterocycles. The molecule has 1 amide bonds. The minimum atomic E-state index is -0.0862. The van der Waals surface area contributed by atoms with Crippen molar-refractivity contribution in [3.8, 4) is 11.8 Å². The summed E-state index contributed by atoms with van der Waals surface area (Å²) in [6, 6.07) is 4.40. The van der Waals surface area contributed by atoms with Crippen LogP contribution < -0.4 is 19.7 Å². The molecule has 1 atom stereocenters. The number of hydrogen-bond acceptors (Lipinski definition) is 6. The highest BCUT2D eigenvalue weighted by Crippen LogP contribution is 2.43. The molecule has 1 unspecified atom stereocenters. The summed E-state index contributed by atoms with van der Waals surface area (Å²) in [6.45, 7) is 2.05. The first-order valence-corrected chi connectivity index (χ1v) is 8.82. The van der Waals surface area contributed by atoms with Crippen molar-refractivity contribution in [2.75, 3.05) is 37.5 Å². The van der Waals surface area contributed by atoms with Crippen molar-refractivity contribution in [1.29, 1.82) is 0 Å². The Labute approximate surface area is 152 Å². The van der Waals surface area contributed by atoms with Crippen LogP contribution in [0.3, 0.4) is 0 Å². The van der Waals surface area contributed by atoms with Crippen LogP contribution in [0.1, 0.15) is 36.3 Å². The van der Waals surface area contributed by atoms with Gasteiger partial charge in [-0.05, 0) is 30.0 Å². The zero-order valence-corrected chi connectivity index (χ0v) is 15.0. The van der Waals surface area contributed by atoms with Gasteiger partial charge in [-0.25, -0.2) is 9.97 Å². The minimum absolute atomic E-state index is 0.0192. The Morgan fingerprint density at radius 1 is 1.12 bits per heavy atom. The zero-order chi connectivity index (χ0) is 18.1. The second-order valence-corrected chi connectivity index (χ2v) is 6.61. The molecule has 0 bridgehead atoms. The maximum Gasteiger partial charge on any atom is 0.316 e. The van der Waals surface area contributed by atoms with Crippen molar-refractivity contribution >= 4 is 17.3 Å². The predicted molar refractivity (Wildman–Crippen MR) is 98.1 cm³/mol. The molecule has 0 aliphatic carbocycles. The molecule has 1 aromatic heterocycles. The fraction of sp³-hybridized carbons (Fsp3) is 0.421. The van der Waals surface area contributed by atoms with Gasteiger partial charge in [0.1, 0.15) is 5.75 Å². The summed E-state index contributed by atoms with van der Waals surface area (Å²) in [6.07, 6.45) is 6.21. The van der Waals surface area contributed by atoms with Crippen molar-refractivity contribution in [2.24, 2.45) is 0 Å². The zero-order valence-electron chi connectivity index (χ0n) is 15.0. The van der Waals surface area contributed by atoms with Crippen molar-refractivity contribution in [2.45, 2.75) is 25.2 Å². The van der Waals surface area contributed by atoms with Crippen LogP contribution in [0.5, 0.6) is 11.8 Å². The number of hydrogen-bond donors (Lipinski definition) is 1. The number of carbonyl (C=O) groups is 1. The second kappa shape index (κ2) is 6.82. The quantitative estimate of drug-likeness (QED) is 0.909. The molecule has 7 nitrogen and oxygen atoms in total. The fourth-order valence-electron chi connectivity index (χ4n) is 3.76. The summed E-state index contributed by atoms with van der Waals surface area (Å²) < 4.78 is 10.6. The highest BCUT2D eigenvalue weighted by atomic mass is 16.5. The lowest BCUT2D eigenvalue weighted by Gasteiger charge is -2.29. The molecule has 1 aromatic carbocycles. The van der Waals surface area contributed by atoms with E-state index in [-0.39, 0.29) is 11.8 Å². The Hall–Kier alpha value is -2.83.